The fourth-order valence-electron chi connectivity index (χ4n) is 4.45. The monoisotopic (exact) mass is 585 g/mol. The lowest BCUT2D eigenvalue weighted by molar-refractivity contribution is -0.121. The van der Waals surface area contributed by atoms with Crippen molar-refractivity contribution in [2.24, 2.45) is 0 Å². The van der Waals surface area contributed by atoms with Gasteiger partial charge in [-0.15, -0.1) is 11.8 Å². The number of thioether (sulfide) groups is 1. The van der Waals surface area contributed by atoms with Gasteiger partial charge in [0.05, 0.1) is 5.25 Å². The maximum Gasteiger partial charge on any atom is 0.233 e. The number of carbonyl (C=O) groups is 2. The molecule has 7 nitrogen and oxygen atoms in total. The number of hydrogen-bond donors (Lipinski definition) is 2. The zero-order chi connectivity index (χ0) is 27.8. The van der Waals surface area contributed by atoms with Crippen molar-refractivity contribution in [3.8, 4) is 0 Å². The van der Waals surface area contributed by atoms with Crippen LogP contribution in [-0.4, -0.2) is 53.1 Å². The quantitative estimate of drug-likeness (QED) is 0.257. The average Bonchev–Trinajstić information content (AvgIpc) is 2.93. The Balaban J connectivity index is 1.34. The zero-order valence-electron chi connectivity index (χ0n) is 22.1. The molecule has 1 heterocycles. The molecule has 3 aromatic rings. The Hall–Kier alpha value is -2.81. The molecule has 2 aromatic carbocycles. The lowest BCUT2D eigenvalue weighted by atomic mass is 9.91. The second-order valence-corrected chi connectivity index (χ2v) is 12.0. The fraction of sp³-hybridized carbons (Fsp3) is 0.379. The van der Waals surface area contributed by atoms with Crippen LogP contribution in [0.4, 0.5) is 11.8 Å². The van der Waals surface area contributed by atoms with E-state index in [0.29, 0.717) is 27.3 Å². The van der Waals surface area contributed by atoms with E-state index in [4.69, 9.17) is 23.2 Å². The predicted octanol–water partition coefficient (Wildman–Crippen LogP) is 6.26. The summed E-state index contributed by atoms with van der Waals surface area (Å²) in [6.45, 7) is 0. The van der Waals surface area contributed by atoms with Crippen LogP contribution in [0.3, 0.4) is 0 Å². The fourth-order valence-corrected chi connectivity index (χ4v) is 5.78. The van der Waals surface area contributed by atoms with Gasteiger partial charge in [0, 0.05) is 60.2 Å². The minimum absolute atomic E-state index is 0.0637. The van der Waals surface area contributed by atoms with Crippen LogP contribution in [0.1, 0.15) is 48.0 Å². The van der Waals surface area contributed by atoms with Gasteiger partial charge in [0.15, 0.2) is 5.78 Å². The van der Waals surface area contributed by atoms with E-state index >= 15 is 0 Å². The van der Waals surface area contributed by atoms with Gasteiger partial charge < -0.3 is 15.5 Å². The SMILES string of the molecule is CN(C)c1ccnc(N[C@H]2CC[C@@H](NC(=O)C(CC(=O)c3ccc(Cl)cc3)SCc3ccc(Cl)cc3)CC2)n1. The Morgan fingerprint density at radius 3 is 2.21 bits per heavy atom. The van der Waals surface area contributed by atoms with E-state index in [2.05, 4.69) is 20.6 Å². The largest absolute Gasteiger partial charge is 0.363 e. The van der Waals surface area contributed by atoms with Crippen LogP contribution in [0.2, 0.25) is 10.0 Å². The van der Waals surface area contributed by atoms with Gasteiger partial charge in [-0.2, -0.15) is 4.98 Å². The average molecular weight is 587 g/mol. The summed E-state index contributed by atoms with van der Waals surface area (Å²) < 4.78 is 0. The maximum atomic E-state index is 13.4. The summed E-state index contributed by atoms with van der Waals surface area (Å²) in [6, 6.07) is 16.5. The summed E-state index contributed by atoms with van der Waals surface area (Å²) in [7, 11) is 3.90. The molecule has 0 radical (unpaired) electrons. The van der Waals surface area contributed by atoms with Crippen molar-refractivity contribution in [3.63, 3.8) is 0 Å². The third-order valence-electron chi connectivity index (χ3n) is 6.70. The van der Waals surface area contributed by atoms with E-state index in [-0.39, 0.29) is 30.2 Å². The number of ketones is 1. The van der Waals surface area contributed by atoms with E-state index in [1.54, 1.807) is 30.5 Å². The van der Waals surface area contributed by atoms with Crippen molar-refractivity contribution >= 4 is 58.4 Å². The van der Waals surface area contributed by atoms with Crippen LogP contribution in [0, 0.1) is 0 Å². The van der Waals surface area contributed by atoms with Crippen LogP contribution in [0.15, 0.2) is 60.8 Å². The van der Waals surface area contributed by atoms with Crippen molar-refractivity contribution in [1.29, 1.82) is 0 Å². The third kappa shape index (κ3) is 8.85. The highest BCUT2D eigenvalue weighted by Gasteiger charge is 2.28. The summed E-state index contributed by atoms with van der Waals surface area (Å²) in [5.74, 6) is 1.89. The van der Waals surface area contributed by atoms with Gasteiger partial charge >= 0.3 is 0 Å². The Labute approximate surface area is 244 Å². The maximum absolute atomic E-state index is 13.4. The Morgan fingerprint density at radius 2 is 1.56 bits per heavy atom. The number of amides is 1. The van der Waals surface area contributed by atoms with E-state index < -0.39 is 5.25 Å². The number of anilines is 2. The molecule has 1 unspecified atom stereocenters. The molecule has 1 fully saturated rings. The number of halogens is 2. The molecule has 1 amide bonds. The molecule has 1 aliphatic rings. The molecule has 1 aromatic heterocycles. The number of carbonyl (C=O) groups excluding carboxylic acids is 2. The first-order valence-electron chi connectivity index (χ1n) is 13.0. The van der Waals surface area contributed by atoms with Crippen LogP contribution in [0.5, 0.6) is 0 Å². The van der Waals surface area contributed by atoms with Gasteiger partial charge in [0.1, 0.15) is 5.82 Å². The molecular formula is C29H33Cl2N5O2S. The number of rotatable bonds is 11. The van der Waals surface area contributed by atoms with Crippen molar-refractivity contribution in [2.45, 2.75) is 55.2 Å². The van der Waals surface area contributed by atoms with Crippen LogP contribution >= 0.6 is 35.0 Å². The van der Waals surface area contributed by atoms with Crippen molar-refractivity contribution in [2.75, 3.05) is 24.3 Å². The number of Topliss-reactive ketones (excluding diaryl/α,β-unsaturated/α-hetero) is 1. The van der Waals surface area contributed by atoms with Gasteiger partial charge in [0.25, 0.3) is 0 Å². The molecule has 10 heteroatoms. The van der Waals surface area contributed by atoms with Crippen LogP contribution in [0.25, 0.3) is 0 Å². The topological polar surface area (TPSA) is 87.2 Å². The van der Waals surface area contributed by atoms with Crippen LogP contribution in [-0.2, 0) is 10.5 Å². The first kappa shape index (κ1) is 29.2. The molecule has 1 aliphatic carbocycles. The lowest BCUT2D eigenvalue weighted by Crippen LogP contribution is -2.44. The predicted molar refractivity (Wildman–Crippen MR) is 161 cm³/mol. The Morgan fingerprint density at radius 1 is 0.949 bits per heavy atom. The molecule has 39 heavy (non-hydrogen) atoms. The van der Waals surface area contributed by atoms with E-state index in [9.17, 15) is 9.59 Å². The number of nitrogens with zero attached hydrogens (tertiary/aromatic N) is 3. The molecule has 2 N–H and O–H groups in total. The van der Waals surface area contributed by atoms with Crippen LogP contribution < -0.4 is 15.5 Å². The smallest absolute Gasteiger partial charge is 0.233 e. The summed E-state index contributed by atoms with van der Waals surface area (Å²) >= 11 is 13.5. The molecule has 4 rings (SSSR count). The van der Waals surface area contributed by atoms with Crippen molar-refractivity contribution in [3.05, 3.63) is 82.0 Å². The van der Waals surface area contributed by atoms with Crippen molar-refractivity contribution in [1.82, 2.24) is 15.3 Å². The number of hydrogen-bond acceptors (Lipinski definition) is 7. The molecule has 0 saturated heterocycles. The highest BCUT2D eigenvalue weighted by molar-refractivity contribution is 7.99. The summed E-state index contributed by atoms with van der Waals surface area (Å²) in [5, 5.41) is 7.38. The van der Waals surface area contributed by atoms with Gasteiger partial charge in [0.2, 0.25) is 11.9 Å². The Bertz CT molecular complexity index is 1250. The Kier molecular flexibility index (Phi) is 10.5. The van der Waals surface area contributed by atoms with Gasteiger partial charge in [-0.25, -0.2) is 4.98 Å². The van der Waals surface area contributed by atoms with E-state index in [1.807, 2.05) is 49.3 Å². The number of nitrogens with one attached hydrogen (secondary N) is 2. The first-order valence-corrected chi connectivity index (χ1v) is 14.8. The molecule has 0 bridgehead atoms. The molecule has 1 saturated carbocycles. The summed E-state index contributed by atoms with van der Waals surface area (Å²) in [4.78, 5) is 37.3. The minimum Gasteiger partial charge on any atom is -0.363 e. The number of benzene rings is 2. The molecule has 1 atom stereocenters. The normalized spacial score (nSPS) is 17.7. The highest BCUT2D eigenvalue weighted by atomic mass is 35.5. The standard InChI is InChI=1S/C29H33Cl2N5O2S/c1-36(2)27-15-16-32-29(35-27)34-24-13-11-23(12-14-24)33-28(38)26(39-18-19-3-7-21(30)8-4-19)17-25(37)20-5-9-22(31)10-6-20/h3-10,15-16,23-24,26H,11-14,17-18H2,1-2H3,(H,33,38)(H,32,34,35)/t23-,24+,26?. The van der Waals surface area contributed by atoms with E-state index in [1.165, 1.54) is 11.8 Å². The van der Waals surface area contributed by atoms with Gasteiger partial charge in [-0.1, -0.05) is 35.3 Å². The molecule has 0 aliphatic heterocycles. The summed E-state index contributed by atoms with van der Waals surface area (Å²) in [5.41, 5.74) is 1.60. The molecular weight excluding hydrogens is 553 g/mol. The minimum atomic E-state index is -0.512. The third-order valence-corrected chi connectivity index (χ3v) is 8.49. The second kappa shape index (κ2) is 14.0. The van der Waals surface area contributed by atoms with E-state index in [0.717, 1.165) is 37.1 Å². The van der Waals surface area contributed by atoms with Gasteiger partial charge in [-0.05, 0) is 73.7 Å². The number of aromatic nitrogens is 2. The highest BCUT2D eigenvalue weighted by Crippen LogP contribution is 2.26. The van der Waals surface area contributed by atoms with Crippen molar-refractivity contribution < 1.29 is 9.59 Å². The second-order valence-electron chi connectivity index (χ2n) is 9.89. The molecule has 0 spiro atoms. The molecule has 206 valence electrons. The van der Waals surface area contributed by atoms with Gasteiger partial charge in [-0.3, -0.25) is 9.59 Å². The lowest BCUT2D eigenvalue weighted by Gasteiger charge is -2.30. The summed E-state index contributed by atoms with van der Waals surface area (Å²) in [6.07, 6.45) is 5.35. The zero-order valence-corrected chi connectivity index (χ0v) is 24.4. The first-order chi connectivity index (χ1) is 18.8.